The first-order chi connectivity index (χ1) is 64.2. The number of rotatable bonds is 99. The van der Waals surface area contributed by atoms with E-state index in [0.29, 0.717) is 19.3 Å². The van der Waals surface area contributed by atoms with Crippen molar-refractivity contribution in [2.24, 2.45) is 0 Å². The van der Waals surface area contributed by atoms with Crippen LogP contribution in [0, 0.1) is 0 Å². The fraction of sp³-hybridized carbons (Fsp3) is 0.690. The maximum Gasteiger partial charge on any atom is 0.472 e. The highest BCUT2D eigenvalue weighted by Gasteiger charge is 2.30. The number of carbonyl (C=O) groups is 3. The van der Waals surface area contributed by atoms with Crippen molar-refractivity contribution in [2.75, 3.05) is 39.6 Å². The van der Waals surface area contributed by atoms with Crippen molar-refractivity contribution in [3.8, 4) is 0 Å². The SMILES string of the molecule is CC/C=C\C/C=C\C/C=C\C/C=C\C/C=C\C/C=C\CCCCCCCCCCCCC(=O)OC(COC(=O)CCCCCCCCCCCCCCCCC/C=C\C/C=C\C/C=C\C/C=C\C/C=C\CC)COP(=O)(O)OCC(O)COP(=O)(O)OCC(O)COC(=O)CCCCCCCCCCCCCCCCCCCCC/C=C\C/C=C\C/C=C\C/C=C\C/C=C\CC. The van der Waals surface area contributed by atoms with Crippen molar-refractivity contribution >= 4 is 33.6 Å². The number of phosphoric ester groups is 2. The molecule has 0 radical (unpaired) electrons. The summed E-state index contributed by atoms with van der Waals surface area (Å²) in [7, 11) is -9.82. The topological polar surface area (TPSA) is 231 Å². The normalized spacial score (nSPS) is 14.4. The molecule has 16 nitrogen and oxygen atoms in total. The molecule has 18 heteroatoms. The zero-order chi connectivity index (χ0) is 95.0. The molecule has 0 heterocycles. The van der Waals surface area contributed by atoms with E-state index in [1.54, 1.807) is 0 Å². The highest BCUT2D eigenvalue weighted by atomic mass is 31.2. The summed E-state index contributed by atoms with van der Waals surface area (Å²) in [5.41, 5.74) is 0. The number of phosphoric acid groups is 2. The molecular weight excluding hydrogens is 1680 g/mol. The second kappa shape index (κ2) is 103. The number of esters is 3. The first kappa shape index (κ1) is 125. The largest absolute Gasteiger partial charge is 0.472 e. The molecule has 0 fully saturated rings. The van der Waals surface area contributed by atoms with E-state index in [-0.39, 0.29) is 19.3 Å². The van der Waals surface area contributed by atoms with Gasteiger partial charge in [-0.1, -0.05) is 459 Å². The van der Waals surface area contributed by atoms with Gasteiger partial charge in [-0.25, -0.2) is 9.13 Å². The Hall–Kier alpha value is -5.61. The lowest BCUT2D eigenvalue weighted by atomic mass is 10.0. The standard InChI is InChI=1S/C113H192O16P2/c1-4-7-10-13-16-19-22-25-28-31-34-37-40-43-46-49-51-52-53-54-56-59-60-63-66-69-72-75-78-81-84-87-90-93-96-99-111(116)123-102-108(114)103-125-130(119,120)126-104-109(115)105-127-131(121,122)128-107-110(129-113(118)101-98-95-92-89-86-83-80-77-74-71-68-65-62-57-48-45-42-39-36-33-30-27-24-21-18-15-12-9-6-3)106-124-112(117)100-97-94-91-88-85-82-79-76-73-70-67-64-61-58-55-50-47-44-41-38-35-32-29-26-23-20-17-14-11-8-5-2/h7-12,16-21,25-30,34-39,43-48,62,65,108-110,114-115H,4-6,13-15,22-24,31-33,40-42,49-61,63-64,66-107H2,1-3H3,(H,119,120)(H,121,122)/b10-7-,11-8-,12-9-,19-16-,20-17-,21-18-,28-25-,29-26-,30-27-,37-34-,38-35-,39-36-,46-43-,47-44-,48-45-,65-62-. The summed E-state index contributed by atoms with van der Waals surface area (Å²) < 4.78 is 61.8. The number of hydrogen-bond acceptors (Lipinski definition) is 14. The number of allylic oxidation sites excluding steroid dienone is 32. The van der Waals surface area contributed by atoms with E-state index in [0.717, 1.165) is 173 Å². The molecule has 0 amide bonds. The number of carbonyl (C=O) groups excluding carboxylic acids is 3. The third-order valence-electron chi connectivity index (χ3n) is 22.3. The van der Waals surface area contributed by atoms with Crippen molar-refractivity contribution in [1.82, 2.24) is 0 Å². The summed E-state index contributed by atoms with van der Waals surface area (Å²) in [6, 6.07) is 0. The van der Waals surface area contributed by atoms with Crippen molar-refractivity contribution < 1.29 is 75.8 Å². The fourth-order valence-corrected chi connectivity index (χ4v) is 16.0. The molecule has 0 aromatic heterocycles. The zero-order valence-corrected chi connectivity index (χ0v) is 85.0. The second-order valence-corrected chi connectivity index (χ2v) is 37.8. The van der Waals surface area contributed by atoms with Gasteiger partial charge in [0, 0.05) is 19.3 Å². The van der Waals surface area contributed by atoms with Gasteiger partial charge in [0.1, 0.15) is 25.4 Å². The summed E-state index contributed by atoms with van der Waals surface area (Å²) in [6.07, 6.45) is 139. The lowest BCUT2D eigenvalue weighted by Gasteiger charge is -2.21. The van der Waals surface area contributed by atoms with Crippen LogP contribution in [0.25, 0.3) is 0 Å². The monoisotopic (exact) mass is 1870 g/mol. The first-order valence-corrected chi connectivity index (χ1v) is 55.7. The Balaban J connectivity index is 4.60. The van der Waals surface area contributed by atoms with Gasteiger partial charge in [-0.15, -0.1) is 0 Å². The Labute approximate surface area is 801 Å². The van der Waals surface area contributed by atoms with Crippen LogP contribution in [-0.4, -0.2) is 95.9 Å². The van der Waals surface area contributed by atoms with Gasteiger partial charge in [-0.2, -0.15) is 0 Å². The Morgan fingerprint density at radius 2 is 0.382 bits per heavy atom. The molecule has 0 rings (SSSR count). The molecule has 750 valence electrons. The van der Waals surface area contributed by atoms with Gasteiger partial charge in [-0.05, 0) is 161 Å². The predicted octanol–water partition coefficient (Wildman–Crippen LogP) is 33.7. The van der Waals surface area contributed by atoms with Crippen LogP contribution in [-0.2, 0) is 55.8 Å². The smallest absolute Gasteiger partial charge is 0.463 e. The van der Waals surface area contributed by atoms with E-state index in [4.69, 9.17) is 32.3 Å². The van der Waals surface area contributed by atoms with Crippen LogP contribution in [0.3, 0.4) is 0 Å². The summed E-state index contributed by atoms with van der Waals surface area (Å²) >= 11 is 0. The van der Waals surface area contributed by atoms with E-state index in [9.17, 15) is 43.5 Å². The molecule has 0 aromatic rings. The van der Waals surface area contributed by atoms with Gasteiger partial charge in [-0.3, -0.25) is 32.5 Å². The van der Waals surface area contributed by atoms with Crippen LogP contribution < -0.4 is 0 Å². The molecule has 5 unspecified atom stereocenters. The van der Waals surface area contributed by atoms with Crippen LogP contribution in [0.2, 0.25) is 0 Å². The highest BCUT2D eigenvalue weighted by Crippen LogP contribution is 2.45. The zero-order valence-electron chi connectivity index (χ0n) is 83.2. The van der Waals surface area contributed by atoms with Gasteiger partial charge in [0.15, 0.2) is 6.10 Å². The van der Waals surface area contributed by atoms with Crippen LogP contribution in [0.15, 0.2) is 194 Å². The third-order valence-corrected chi connectivity index (χ3v) is 24.2. The number of aliphatic hydroxyl groups is 2. The number of aliphatic hydroxyl groups excluding tert-OH is 2. The Morgan fingerprint density at radius 3 is 0.603 bits per heavy atom. The maximum absolute atomic E-state index is 13.1. The predicted molar refractivity (Wildman–Crippen MR) is 555 cm³/mol. The lowest BCUT2D eigenvalue weighted by Crippen LogP contribution is -2.30. The molecule has 4 N–H and O–H groups in total. The second-order valence-electron chi connectivity index (χ2n) is 34.9. The molecule has 0 aliphatic carbocycles. The Morgan fingerprint density at radius 1 is 0.214 bits per heavy atom. The molecule has 5 atom stereocenters. The molecule has 0 saturated heterocycles. The number of unbranched alkanes of at least 4 members (excludes halogenated alkanes) is 44. The van der Waals surface area contributed by atoms with Crippen LogP contribution in [0.4, 0.5) is 0 Å². The number of hydrogen-bond donors (Lipinski definition) is 4. The van der Waals surface area contributed by atoms with Gasteiger partial charge in [0.25, 0.3) is 0 Å². The Bertz CT molecular complexity index is 3160. The van der Waals surface area contributed by atoms with Crippen molar-refractivity contribution in [3.05, 3.63) is 194 Å². The quantitative estimate of drug-likeness (QED) is 0.0146. The van der Waals surface area contributed by atoms with Crippen LogP contribution in [0.5, 0.6) is 0 Å². The van der Waals surface area contributed by atoms with E-state index in [2.05, 4.69) is 215 Å². The summed E-state index contributed by atoms with van der Waals surface area (Å²) in [5.74, 6) is -1.56. The highest BCUT2D eigenvalue weighted by molar-refractivity contribution is 7.47. The molecule has 0 aliphatic rings. The van der Waals surface area contributed by atoms with Crippen molar-refractivity contribution in [3.63, 3.8) is 0 Å². The average Bonchev–Trinajstić information content (AvgIpc) is 0.896. The van der Waals surface area contributed by atoms with E-state index in [1.807, 2.05) is 0 Å². The molecule has 131 heavy (non-hydrogen) atoms. The molecule has 0 aromatic carbocycles. The molecule has 0 saturated carbocycles. The maximum atomic E-state index is 13.1. The summed E-state index contributed by atoms with van der Waals surface area (Å²) in [6.45, 7) is 2.41. The van der Waals surface area contributed by atoms with Gasteiger partial charge < -0.3 is 34.2 Å². The van der Waals surface area contributed by atoms with Crippen molar-refractivity contribution in [2.45, 2.75) is 463 Å². The van der Waals surface area contributed by atoms with Crippen molar-refractivity contribution in [1.29, 1.82) is 0 Å². The van der Waals surface area contributed by atoms with Crippen LogP contribution >= 0.6 is 15.6 Å². The van der Waals surface area contributed by atoms with Gasteiger partial charge in [0.2, 0.25) is 0 Å². The third kappa shape index (κ3) is 105. The molecule has 0 spiro atoms. The summed E-state index contributed by atoms with van der Waals surface area (Å²) in [5, 5.41) is 20.8. The van der Waals surface area contributed by atoms with Crippen LogP contribution in [0.1, 0.15) is 445 Å². The Kier molecular flexibility index (Phi) is 98.9. The van der Waals surface area contributed by atoms with Gasteiger partial charge >= 0.3 is 33.6 Å². The minimum Gasteiger partial charge on any atom is -0.463 e. The molecule has 0 aliphatic heterocycles. The minimum atomic E-state index is -4.95. The molecular formula is C113H192O16P2. The van der Waals surface area contributed by atoms with E-state index < -0.39 is 91.5 Å². The van der Waals surface area contributed by atoms with E-state index in [1.165, 1.54) is 212 Å². The lowest BCUT2D eigenvalue weighted by molar-refractivity contribution is -0.161. The fourth-order valence-electron chi connectivity index (χ4n) is 14.5. The van der Waals surface area contributed by atoms with E-state index >= 15 is 0 Å². The number of ether oxygens (including phenoxy) is 3. The first-order valence-electron chi connectivity index (χ1n) is 52.7. The molecule has 0 bridgehead atoms. The van der Waals surface area contributed by atoms with Gasteiger partial charge in [0.05, 0.1) is 26.4 Å². The average molecular weight is 1870 g/mol. The summed E-state index contributed by atoms with van der Waals surface area (Å²) in [4.78, 5) is 59.3. The minimum absolute atomic E-state index is 0.0946.